The number of hydrogen-bond donors (Lipinski definition) is 1. The number of likely N-dealkylation sites (N-methyl/N-ethyl adjacent to an activating group) is 1. The van der Waals surface area contributed by atoms with Crippen LogP contribution in [0.4, 0.5) is 0 Å². The molecule has 0 aliphatic rings. The van der Waals surface area contributed by atoms with E-state index in [2.05, 4.69) is 19.1 Å². The molecule has 0 rings (SSSR count). The molecule has 0 aromatic rings. The first kappa shape index (κ1) is 48.0. The van der Waals surface area contributed by atoms with E-state index in [4.69, 9.17) is 18.5 Å². The molecule has 0 aliphatic heterocycles. The van der Waals surface area contributed by atoms with Crippen LogP contribution in [-0.4, -0.2) is 74.9 Å². The van der Waals surface area contributed by atoms with Crippen molar-refractivity contribution in [3.8, 4) is 0 Å². The molecular weight excluding hydrogens is 653 g/mol. The van der Waals surface area contributed by atoms with Gasteiger partial charge in [-0.15, -0.1) is 0 Å². The lowest BCUT2D eigenvalue weighted by Gasteiger charge is -2.24. The Morgan fingerprint density at radius 3 is 1.76 bits per heavy atom. The average Bonchev–Trinajstić information content (AvgIpc) is 3.06. The summed E-state index contributed by atoms with van der Waals surface area (Å²) in [4.78, 5) is 35.0. The van der Waals surface area contributed by atoms with Gasteiger partial charge in [0.15, 0.2) is 6.10 Å². The van der Waals surface area contributed by atoms with Crippen molar-refractivity contribution in [3.63, 3.8) is 0 Å². The van der Waals surface area contributed by atoms with Crippen molar-refractivity contribution in [2.75, 3.05) is 47.5 Å². The van der Waals surface area contributed by atoms with E-state index in [1.54, 1.807) is 12.2 Å². The summed E-state index contributed by atoms with van der Waals surface area (Å²) in [5.74, 6) is -1.07. The molecule has 0 aromatic heterocycles. The molecule has 10 heteroatoms. The normalized spacial score (nSPS) is 14.3. The van der Waals surface area contributed by atoms with Crippen LogP contribution >= 0.6 is 7.82 Å². The van der Waals surface area contributed by atoms with Gasteiger partial charge in [-0.2, -0.15) is 0 Å². The summed E-state index contributed by atoms with van der Waals surface area (Å²) in [6, 6.07) is 0. The van der Waals surface area contributed by atoms with E-state index in [0.29, 0.717) is 11.0 Å². The predicted octanol–water partition coefficient (Wildman–Crippen LogP) is 10.3. The Labute approximate surface area is 305 Å². The molecule has 0 amide bonds. The second-order valence-corrected chi connectivity index (χ2v) is 15.5. The number of quaternary nitrogens is 1. The molecule has 290 valence electrons. The van der Waals surface area contributed by atoms with Gasteiger partial charge in [-0.25, -0.2) is 9.36 Å². The summed E-state index contributed by atoms with van der Waals surface area (Å²) < 4.78 is 33.9. The van der Waals surface area contributed by atoms with Crippen LogP contribution in [0.1, 0.15) is 142 Å². The molecule has 0 saturated carbocycles. The molecule has 50 heavy (non-hydrogen) atoms. The third kappa shape index (κ3) is 35.8. The predicted molar refractivity (Wildman–Crippen MR) is 206 cm³/mol. The van der Waals surface area contributed by atoms with Crippen LogP contribution in [0.3, 0.4) is 0 Å². The van der Waals surface area contributed by atoms with Gasteiger partial charge in [-0.05, 0) is 39.0 Å². The van der Waals surface area contributed by atoms with Crippen molar-refractivity contribution in [1.29, 1.82) is 0 Å². The number of ether oxygens (including phenoxy) is 2. The largest absolute Gasteiger partial charge is 0.472 e. The quantitative estimate of drug-likeness (QED) is 0.0174. The van der Waals surface area contributed by atoms with Crippen molar-refractivity contribution >= 4 is 19.8 Å². The zero-order valence-corrected chi connectivity index (χ0v) is 33.3. The van der Waals surface area contributed by atoms with Crippen LogP contribution in [0.5, 0.6) is 0 Å². The van der Waals surface area contributed by atoms with Crippen molar-refractivity contribution in [3.05, 3.63) is 48.6 Å². The molecule has 0 spiro atoms. The summed E-state index contributed by atoms with van der Waals surface area (Å²) in [5, 5.41) is 0. The van der Waals surface area contributed by atoms with Crippen molar-refractivity contribution < 1.29 is 42.1 Å². The third-order valence-corrected chi connectivity index (χ3v) is 9.03. The van der Waals surface area contributed by atoms with Crippen molar-refractivity contribution in [2.45, 2.75) is 148 Å². The summed E-state index contributed by atoms with van der Waals surface area (Å²) in [6.07, 6.45) is 36.6. The minimum Gasteiger partial charge on any atom is -0.462 e. The second kappa shape index (κ2) is 32.8. The number of nitrogens with zero attached hydrogens (tertiary/aromatic N) is 1. The molecule has 0 aromatic carbocycles. The van der Waals surface area contributed by atoms with Crippen LogP contribution in [0.15, 0.2) is 48.6 Å². The van der Waals surface area contributed by atoms with Gasteiger partial charge in [0, 0.05) is 12.5 Å². The summed E-state index contributed by atoms with van der Waals surface area (Å²) in [7, 11) is 1.41. The number of unbranched alkanes of at least 4 members (excludes halogenated alkanes) is 17. The lowest BCUT2D eigenvalue weighted by molar-refractivity contribution is -0.870. The number of allylic oxidation sites excluding steroid dienone is 7. The molecule has 0 fully saturated rings. The van der Waals surface area contributed by atoms with E-state index in [9.17, 15) is 19.0 Å². The highest BCUT2D eigenvalue weighted by Gasteiger charge is 2.26. The molecule has 0 radical (unpaired) electrons. The van der Waals surface area contributed by atoms with Crippen molar-refractivity contribution in [1.82, 2.24) is 0 Å². The van der Waals surface area contributed by atoms with Gasteiger partial charge < -0.3 is 18.9 Å². The maximum absolute atomic E-state index is 12.5. The fraction of sp³-hybridized carbons (Fsp3) is 0.750. The Kier molecular flexibility index (Phi) is 31.5. The van der Waals surface area contributed by atoms with Crippen LogP contribution in [0.25, 0.3) is 0 Å². The zero-order chi connectivity index (χ0) is 37.2. The average molecular weight is 727 g/mol. The molecule has 1 N–H and O–H groups in total. The second-order valence-electron chi connectivity index (χ2n) is 14.1. The minimum atomic E-state index is -4.40. The first-order chi connectivity index (χ1) is 24.0. The first-order valence-electron chi connectivity index (χ1n) is 19.4. The first-order valence-corrected chi connectivity index (χ1v) is 20.9. The van der Waals surface area contributed by atoms with Gasteiger partial charge in [-0.3, -0.25) is 13.8 Å². The zero-order valence-electron chi connectivity index (χ0n) is 32.4. The molecule has 0 saturated heterocycles. The molecule has 0 heterocycles. The van der Waals surface area contributed by atoms with E-state index < -0.39 is 32.5 Å². The number of phosphoric acid groups is 1. The lowest BCUT2D eigenvalue weighted by Crippen LogP contribution is -2.37. The van der Waals surface area contributed by atoms with Gasteiger partial charge in [0.2, 0.25) is 0 Å². The summed E-state index contributed by atoms with van der Waals surface area (Å²) >= 11 is 0. The fourth-order valence-electron chi connectivity index (χ4n) is 4.98. The maximum Gasteiger partial charge on any atom is 0.472 e. The van der Waals surface area contributed by atoms with Crippen molar-refractivity contribution in [2.24, 2.45) is 0 Å². The number of phosphoric ester groups is 1. The van der Waals surface area contributed by atoms with E-state index in [0.717, 1.165) is 44.9 Å². The Morgan fingerprint density at radius 1 is 0.700 bits per heavy atom. The van der Waals surface area contributed by atoms with E-state index in [-0.39, 0.29) is 19.6 Å². The number of carbonyl (C=O) groups excluding carboxylic acids is 2. The van der Waals surface area contributed by atoms with Gasteiger partial charge >= 0.3 is 19.8 Å². The Morgan fingerprint density at radius 2 is 1.22 bits per heavy atom. The summed E-state index contributed by atoms with van der Waals surface area (Å²) in [6.45, 7) is 4.03. The molecule has 1 unspecified atom stereocenters. The van der Waals surface area contributed by atoms with Gasteiger partial charge in [-0.1, -0.05) is 139 Å². The Balaban J connectivity index is 4.55. The van der Waals surface area contributed by atoms with Crippen LogP contribution in [0, 0.1) is 0 Å². The SMILES string of the molecule is C/C=C/C=C/CCCCCC/C=C/C=C/C(=O)O[C@H](COC(=O)CCCCCCCCCCCCCCC)COP(=O)(O)OCC[N+](C)(C)C. The highest BCUT2D eigenvalue weighted by atomic mass is 31.2. The molecule has 2 atom stereocenters. The number of carbonyl (C=O) groups is 2. The molecule has 0 aliphatic carbocycles. The molecule has 9 nitrogen and oxygen atoms in total. The highest BCUT2D eigenvalue weighted by Crippen LogP contribution is 2.43. The molecule has 0 bridgehead atoms. The lowest BCUT2D eigenvalue weighted by atomic mass is 10.0. The minimum absolute atomic E-state index is 0.0130. The fourth-order valence-corrected chi connectivity index (χ4v) is 5.72. The van der Waals surface area contributed by atoms with Crippen LogP contribution in [0.2, 0.25) is 0 Å². The summed E-state index contributed by atoms with van der Waals surface area (Å²) in [5.41, 5.74) is 0. The van der Waals surface area contributed by atoms with E-state index in [1.165, 1.54) is 83.1 Å². The van der Waals surface area contributed by atoms with E-state index >= 15 is 0 Å². The van der Waals surface area contributed by atoms with E-state index in [1.807, 2.05) is 46.3 Å². The monoisotopic (exact) mass is 727 g/mol. The number of hydrogen-bond acceptors (Lipinski definition) is 7. The number of rotatable bonds is 34. The van der Waals surface area contributed by atoms with Crippen LogP contribution in [-0.2, 0) is 32.7 Å². The van der Waals surface area contributed by atoms with Crippen LogP contribution < -0.4 is 0 Å². The van der Waals surface area contributed by atoms with Gasteiger partial charge in [0.1, 0.15) is 19.8 Å². The smallest absolute Gasteiger partial charge is 0.462 e. The highest BCUT2D eigenvalue weighted by molar-refractivity contribution is 7.47. The standard InChI is InChI=1S/C40H72NO8P/c1-6-8-10-12-14-16-18-20-22-24-26-28-30-32-39(42)46-36-38(37-48-50(44,45)47-35-34-41(3,4)5)49-40(43)33-31-29-27-25-23-21-19-17-15-13-11-9-7-2/h7,9,11,13,27,29,31,33,38H,6,8,10,12,14-26,28,30,32,34-37H2,1-5H3/p+1/b9-7+,13-11+,29-27+,33-31+/t38-/m1/s1. The Hall–Kier alpha value is -2.03. The van der Waals surface area contributed by atoms with Gasteiger partial charge in [0.25, 0.3) is 0 Å². The van der Waals surface area contributed by atoms with Gasteiger partial charge in [0.05, 0.1) is 27.7 Å². The number of esters is 2. The third-order valence-electron chi connectivity index (χ3n) is 8.05. The topological polar surface area (TPSA) is 108 Å². The maximum atomic E-state index is 12.5. The molecular formula is C40H73NO8P+. The Bertz CT molecular complexity index is 1000.